The first-order chi connectivity index (χ1) is 44.8. The summed E-state index contributed by atoms with van der Waals surface area (Å²) < 4.78 is 74.2. The number of hydroxylamine groups is 1. The van der Waals surface area contributed by atoms with Crippen molar-refractivity contribution >= 4 is 158 Å². The summed E-state index contributed by atoms with van der Waals surface area (Å²) in [6.07, 6.45) is 0. The van der Waals surface area contributed by atoms with E-state index < -0.39 is 42.2 Å². The van der Waals surface area contributed by atoms with Crippen molar-refractivity contribution in [3.8, 4) is 17.6 Å². The van der Waals surface area contributed by atoms with Crippen molar-refractivity contribution in [3.05, 3.63) is 174 Å². The number of benzene rings is 3. The molecule has 10 rings (SSSR count). The number of hydrogen-bond donors (Lipinski definition) is 4. The smallest absolute Gasteiger partial charge is 1.00 e. The van der Waals surface area contributed by atoms with Gasteiger partial charge in [0.1, 0.15) is 69.7 Å². The quantitative estimate of drug-likeness (QED) is 0.0125. The van der Waals surface area contributed by atoms with Gasteiger partial charge in [0.15, 0.2) is 35.6 Å². The number of alkyl halides is 1. The van der Waals surface area contributed by atoms with Gasteiger partial charge in [-0.1, -0.05) is 51.9 Å². The molecule has 1 aliphatic heterocycles. The summed E-state index contributed by atoms with van der Waals surface area (Å²) in [5.74, 6) is -2.01. The first-order valence-corrected chi connectivity index (χ1v) is 29.3. The summed E-state index contributed by atoms with van der Waals surface area (Å²) in [5.41, 5.74) is 16.3. The molecule has 1 atom stereocenters. The summed E-state index contributed by atoms with van der Waals surface area (Å²) in [5, 5.41) is 33.4. The van der Waals surface area contributed by atoms with Gasteiger partial charge in [-0.05, 0) is 146 Å². The number of aliphatic carboxylic acids is 1. The van der Waals surface area contributed by atoms with Crippen LogP contribution in [0.2, 0.25) is 0 Å². The number of methoxy groups -OCH3 is 3. The molecule has 1 unspecified atom stereocenters. The molecule has 1 aliphatic rings. The number of amidine groups is 3. The van der Waals surface area contributed by atoms with Gasteiger partial charge in [-0.25, -0.2) is 53.0 Å². The number of nitrogens with two attached hydrogens (primary N) is 2. The summed E-state index contributed by atoms with van der Waals surface area (Å²) >= 11 is 12.9. The van der Waals surface area contributed by atoms with Crippen molar-refractivity contribution in [2.45, 2.75) is 34.2 Å². The number of oxime groups is 2. The Morgan fingerprint density at radius 1 is 0.687 bits per heavy atom. The number of carboxylic acids is 1. The normalized spacial score (nSPS) is 11.5. The number of carboxylic acid groups (broad SMARTS) is 1. The number of furan rings is 3. The van der Waals surface area contributed by atoms with Crippen LogP contribution in [0, 0.1) is 17.5 Å². The minimum absolute atomic E-state index is 0. The second-order valence-corrected chi connectivity index (χ2v) is 20.5. The van der Waals surface area contributed by atoms with E-state index in [-0.39, 0.29) is 220 Å². The van der Waals surface area contributed by atoms with E-state index in [1.165, 1.54) is 57.7 Å². The maximum Gasteiger partial charge on any atom is 1.00 e. The van der Waals surface area contributed by atoms with E-state index in [9.17, 15) is 32.3 Å². The Balaban J connectivity index is -0.00000118. The van der Waals surface area contributed by atoms with Gasteiger partial charge in [-0.2, -0.15) is 0 Å². The Bertz CT molecular complexity index is 4210. The number of nitrogens with zero attached hydrogens (tertiary/aromatic N) is 6. The Kier molecular flexibility index (Phi) is 48.0. The average molecular weight is 1700 g/mol. The van der Waals surface area contributed by atoms with Crippen LogP contribution in [0.25, 0.3) is 32.9 Å². The van der Waals surface area contributed by atoms with Gasteiger partial charge in [0.25, 0.3) is 6.47 Å². The third kappa shape index (κ3) is 31.2. The average Bonchev–Trinajstić information content (AvgIpc) is 1.64. The number of carbonyl (C=O) groups excluding carboxylic acids is 6. The molecule has 7 heterocycles. The molecule has 0 bridgehead atoms. The number of nitrogens with one attached hydrogen (secondary N) is 1. The zero-order valence-electron chi connectivity index (χ0n) is 53.9. The van der Waals surface area contributed by atoms with E-state index in [2.05, 4.69) is 114 Å². The van der Waals surface area contributed by atoms with Crippen molar-refractivity contribution in [2.24, 2.45) is 26.8 Å². The number of fused-ring (bicyclic) bond motifs is 3. The van der Waals surface area contributed by atoms with E-state index in [4.69, 9.17) is 73.8 Å². The predicted octanol–water partition coefficient (Wildman–Crippen LogP) is -0.286. The number of carbonyl (C=O) groups is 6. The molecule has 40 heteroatoms. The second-order valence-electron chi connectivity index (χ2n) is 17.3. The van der Waals surface area contributed by atoms with E-state index in [1.807, 2.05) is 6.07 Å². The maximum atomic E-state index is 13.9. The van der Waals surface area contributed by atoms with Crippen LogP contribution in [0.5, 0.6) is 17.6 Å². The molecule has 0 saturated heterocycles. The van der Waals surface area contributed by atoms with Gasteiger partial charge in [0.05, 0.1) is 56.2 Å². The van der Waals surface area contributed by atoms with Gasteiger partial charge in [-0.3, -0.25) is 24.2 Å². The summed E-state index contributed by atoms with van der Waals surface area (Å²) in [6.45, 7) is 2.92. The van der Waals surface area contributed by atoms with Crippen LogP contribution >= 0.6 is 63.7 Å². The van der Waals surface area contributed by atoms with E-state index in [0.717, 1.165) is 25.2 Å². The van der Waals surface area contributed by atoms with Crippen molar-refractivity contribution < 1.29 is 243 Å². The Hall–Kier alpha value is -5.67. The molecule has 6 aromatic heterocycles. The van der Waals surface area contributed by atoms with Gasteiger partial charge in [-0.15, -0.1) is 0 Å². The largest absolute Gasteiger partial charge is 1.00 e. The van der Waals surface area contributed by atoms with Crippen molar-refractivity contribution in [1.82, 2.24) is 20.4 Å². The Morgan fingerprint density at radius 2 is 1.09 bits per heavy atom. The third-order valence-electron chi connectivity index (χ3n) is 10.8. The zero-order chi connectivity index (χ0) is 69.6. The Labute approximate surface area is 705 Å². The Morgan fingerprint density at radius 3 is 1.48 bits per heavy atom. The van der Waals surface area contributed by atoms with E-state index in [1.54, 1.807) is 66.7 Å². The second kappa shape index (κ2) is 49.8. The van der Waals surface area contributed by atoms with Gasteiger partial charge in [0, 0.05) is 28.2 Å². The molecule has 99 heavy (non-hydrogen) atoms. The number of rotatable bonds is 14. The number of pyridine rings is 3. The fraction of sp³-hybridized carbons (Fsp3) is 0.186. The molecular weight excluding hydrogens is 1640 g/mol. The molecule has 29 nitrogen and oxygen atoms in total. The minimum Gasteiger partial charge on any atom is -1.00 e. The number of ether oxygens (including phenoxy) is 3. The van der Waals surface area contributed by atoms with Crippen LogP contribution in [-0.4, -0.2) is 122 Å². The topological polar surface area (TPSA) is 422 Å². The number of ketones is 2. The number of aromatic nitrogens is 3. The summed E-state index contributed by atoms with van der Waals surface area (Å²) in [6, 6.07) is 27.8. The number of halogens is 7. The van der Waals surface area contributed by atoms with Crippen LogP contribution < -0.4 is 174 Å². The van der Waals surface area contributed by atoms with E-state index >= 15 is 0 Å². The molecule has 0 fully saturated rings. The molecule has 9 aromatic rings. The predicted molar refractivity (Wildman–Crippen MR) is 349 cm³/mol. The SMILES string of the molecule is C.CC(=O)OOC(C)=O.CC(=O)[O-].COc1nc(/C(N)=N/O)ccc1Br.COc1nc(/C(N)=N/OCC(=O)c2cc3c(F)cccc3o2)ccc1Br.COc1nc(C2=NC(c3cc4c(F)cccc4o3)CON2)ccc1Br.O=C(CBr)c1cc2c(F)cccc2o1.O=CO[O-].[B].[H-].[K+].[K+].[Na+]. The molecular formula is C59H55BBr4F3K2N9NaO20. The molecule has 0 spiro atoms. The first kappa shape index (κ1) is 95.4. The molecule has 511 valence electrons. The number of Topliss-reactive ketones (excluding diaryl/α,β-unsaturated/α-hetero) is 2. The van der Waals surface area contributed by atoms with Crippen molar-refractivity contribution in [1.29, 1.82) is 0 Å². The standard InChI is InChI=1S/C17H13BrFN3O4.C17H13BrFN3O3.C10H6BrFO2.C7H8BrN3O2.C4H6O4.C2H4O2.CH2O3.CH4.B.2K.Na.H/c1-24-17-10(18)5-6-12(21-17)16(20)22-25-8-13(23)15-7-9-11(19)3-2-4-14(9)26-15;1-23-17-10(18)5-6-12(21-17)16-20-13(8-24-22-16)15-7-9-11(19)3-2-4-14(9)25-15;11-5-8(13)10-4-6-7(12)2-1-3-9(6)14-10;1-13-7-4(8)2-3-5(10-7)6(9)11-12;1-3(5)7-8-4(2)6;1-2(3)4;2-1-4-3;;;;;;/h2-7H,8H2,1H3,(H2,20,22);2-7,13H,8H2,1H3,(H,20,22);1-4H,5H2;2-3,12H,1H3,(H2,9,11);1-2H3;1H3,(H,3,4);1,3H;1H4;;;;;/q;;;;;;;;;3*+1;-1/p-2. The summed E-state index contributed by atoms with van der Waals surface area (Å²) in [4.78, 5) is 98.2. The molecule has 3 aromatic carbocycles. The van der Waals surface area contributed by atoms with Crippen molar-refractivity contribution in [2.75, 3.05) is 39.9 Å². The maximum absolute atomic E-state index is 13.9. The molecule has 0 saturated carbocycles. The molecule has 6 N–H and O–H groups in total. The van der Waals surface area contributed by atoms with Crippen molar-refractivity contribution in [3.63, 3.8) is 0 Å². The fourth-order valence-electron chi connectivity index (χ4n) is 6.84. The van der Waals surface area contributed by atoms with Crippen LogP contribution in [-0.2, 0) is 43.5 Å². The van der Waals surface area contributed by atoms with Gasteiger partial charge < -0.3 is 70.4 Å². The monoisotopic (exact) mass is 1690 g/mol. The summed E-state index contributed by atoms with van der Waals surface area (Å²) in [7, 11) is 4.49. The van der Waals surface area contributed by atoms with Crippen LogP contribution in [0.1, 0.15) is 79.6 Å². The van der Waals surface area contributed by atoms with Crippen LogP contribution in [0.4, 0.5) is 13.2 Å². The molecule has 0 aliphatic carbocycles. The molecule has 3 radical (unpaired) electrons. The van der Waals surface area contributed by atoms with E-state index in [0.29, 0.717) is 77.2 Å². The van der Waals surface area contributed by atoms with Gasteiger partial charge >= 0.3 is 144 Å². The zero-order valence-corrected chi connectivity index (χ0v) is 67.5. The fourth-order valence-corrected chi connectivity index (χ4v) is 8.26. The van der Waals surface area contributed by atoms with Crippen LogP contribution in [0.3, 0.4) is 0 Å². The minimum atomic E-state index is -1.08. The number of aliphatic imine (C=N–C) groups is 1. The first-order valence-electron chi connectivity index (χ1n) is 25.8. The number of hydrogen-bond acceptors (Lipinski definition) is 27. The molecule has 0 amide bonds. The van der Waals surface area contributed by atoms with Gasteiger partial charge in [0.2, 0.25) is 29.2 Å². The van der Waals surface area contributed by atoms with Crippen LogP contribution in [0.15, 0.2) is 151 Å². The third-order valence-corrected chi connectivity index (χ3v) is 13.1.